The lowest BCUT2D eigenvalue weighted by molar-refractivity contribution is -0.111. The van der Waals surface area contributed by atoms with Crippen LogP contribution in [0, 0.1) is 6.92 Å². The van der Waals surface area contributed by atoms with E-state index in [4.69, 9.17) is 0 Å². The summed E-state index contributed by atoms with van der Waals surface area (Å²) in [6.07, 6.45) is 4.27. The number of carbonyl (C=O) groups excluding carboxylic acids is 1. The smallest absolute Gasteiger partial charge is 0.248 e. The molecule has 2 rings (SSSR count). The number of nitrogens with one attached hydrogen (secondary N) is 1. The van der Waals surface area contributed by atoms with Gasteiger partial charge in [-0.3, -0.25) is 4.79 Å². The first-order chi connectivity index (χ1) is 10.1. The van der Waals surface area contributed by atoms with Gasteiger partial charge in [-0.15, -0.1) is 0 Å². The fourth-order valence-corrected chi connectivity index (χ4v) is 2.38. The van der Waals surface area contributed by atoms with E-state index in [0.717, 1.165) is 33.3 Å². The molecule has 0 atom stereocenters. The zero-order valence-corrected chi connectivity index (χ0v) is 13.8. The van der Waals surface area contributed by atoms with Gasteiger partial charge in [0, 0.05) is 16.2 Å². The summed E-state index contributed by atoms with van der Waals surface area (Å²) in [5.74, 6) is -0.109. The number of hydrogen-bond donors (Lipinski definition) is 1. The highest BCUT2D eigenvalue weighted by Crippen LogP contribution is 2.21. The van der Waals surface area contributed by atoms with Crippen molar-refractivity contribution < 1.29 is 4.79 Å². The zero-order valence-electron chi connectivity index (χ0n) is 12.2. The predicted molar refractivity (Wildman–Crippen MR) is 92.4 cm³/mol. The Labute approximate surface area is 134 Å². The van der Waals surface area contributed by atoms with Crippen molar-refractivity contribution in [3.05, 3.63) is 69.7 Å². The van der Waals surface area contributed by atoms with E-state index in [-0.39, 0.29) is 5.91 Å². The highest BCUT2D eigenvalue weighted by molar-refractivity contribution is 9.10. The Kier molecular flexibility index (Phi) is 5.34. The van der Waals surface area contributed by atoms with Crippen LogP contribution >= 0.6 is 15.9 Å². The van der Waals surface area contributed by atoms with Gasteiger partial charge in [-0.1, -0.05) is 53.2 Å². The third-order valence-corrected chi connectivity index (χ3v) is 3.81. The Morgan fingerprint density at radius 3 is 2.57 bits per heavy atom. The Morgan fingerprint density at radius 2 is 1.90 bits per heavy atom. The molecule has 3 heteroatoms. The van der Waals surface area contributed by atoms with Crippen molar-refractivity contribution in [2.45, 2.75) is 20.3 Å². The second-order valence-electron chi connectivity index (χ2n) is 4.84. The molecule has 1 amide bonds. The monoisotopic (exact) mass is 343 g/mol. The van der Waals surface area contributed by atoms with E-state index < -0.39 is 0 Å². The number of halogens is 1. The molecule has 21 heavy (non-hydrogen) atoms. The van der Waals surface area contributed by atoms with Gasteiger partial charge in [-0.25, -0.2) is 0 Å². The summed E-state index contributed by atoms with van der Waals surface area (Å²) in [4.78, 5) is 12.1. The van der Waals surface area contributed by atoms with Crippen LogP contribution < -0.4 is 5.32 Å². The maximum absolute atomic E-state index is 12.1. The van der Waals surface area contributed by atoms with Crippen LogP contribution in [0.5, 0.6) is 0 Å². The van der Waals surface area contributed by atoms with Gasteiger partial charge < -0.3 is 5.32 Å². The SMILES string of the molecule is CCc1cccc(C)c1NC(=O)C=Cc1ccc(Br)cc1. The van der Waals surface area contributed by atoms with Crippen LogP contribution in [-0.2, 0) is 11.2 Å². The number of rotatable bonds is 4. The van der Waals surface area contributed by atoms with Gasteiger partial charge >= 0.3 is 0 Å². The Balaban J connectivity index is 2.10. The maximum atomic E-state index is 12.1. The van der Waals surface area contributed by atoms with Crippen molar-refractivity contribution >= 4 is 33.6 Å². The van der Waals surface area contributed by atoms with Gasteiger partial charge in [0.25, 0.3) is 0 Å². The molecular formula is C18H18BrNO. The van der Waals surface area contributed by atoms with E-state index in [0.29, 0.717) is 0 Å². The molecule has 0 aromatic heterocycles. The number of amides is 1. The summed E-state index contributed by atoms with van der Waals surface area (Å²) < 4.78 is 1.02. The molecule has 0 heterocycles. The molecule has 2 aromatic carbocycles. The van der Waals surface area contributed by atoms with E-state index in [1.54, 1.807) is 6.08 Å². The van der Waals surface area contributed by atoms with Gasteiger partial charge in [0.2, 0.25) is 5.91 Å². The average Bonchev–Trinajstić information content (AvgIpc) is 2.49. The molecule has 108 valence electrons. The topological polar surface area (TPSA) is 29.1 Å². The fraction of sp³-hybridized carbons (Fsp3) is 0.167. The number of benzene rings is 2. The van der Waals surface area contributed by atoms with Crippen LogP contribution in [0.4, 0.5) is 5.69 Å². The third kappa shape index (κ3) is 4.30. The van der Waals surface area contributed by atoms with Crippen molar-refractivity contribution in [2.75, 3.05) is 5.32 Å². The highest BCUT2D eigenvalue weighted by atomic mass is 79.9. The summed E-state index contributed by atoms with van der Waals surface area (Å²) >= 11 is 3.39. The minimum atomic E-state index is -0.109. The molecule has 0 aliphatic carbocycles. The Bertz CT molecular complexity index is 659. The van der Waals surface area contributed by atoms with E-state index in [9.17, 15) is 4.79 Å². The van der Waals surface area contributed by atoms with E-state index >= 15 is 0 Å². The largest absolute Gasteiger partial charge is 0.322 e. The van der Waals surface area contributed by atoms with Crippen molar-refractivity contribution in [1.82, 2.24) is 0 Å². The van der Waals surface area contributed by atoms with Gasteiger partial charge in [0.05, 0.1) is 0 Å². The van der Waals surface area contributed by atoms with Crippen molar-refractivity contribution in [1.29, 1.82) is 0 Å². The minimum Gasteiger partial charge on any atom is -0.322 e. The maximum Gasteiger partial charge on any atom is 0.248 e. The van der Waals surface area contributed by atoms with E-state index in [1.807, 2.05) is 55.5 Å². The Morgan fingerprint density at radius 1 is 1.19 bits per heavy atom. The molecule has 2 nitrogen and oxygen atoms in total. The molecule has 0 spiro atoms. The van der Waals surface area contributed by atoms with E-state index in [2.05, 4.69) is 28.2 Å². The van der Waals surface area contributed by atoms with E-state index in [1.165, 1.54) is 0 Å². The molecule has 0 aliphatic rings. The number of carbonyl (C=O) groups is 1. The predicted octanol–water partition coefficient (Wildman–Crippen LogP) is 4.97. The highest BCUT2D eigenvalue weighted by Gasteiger charge is 2.06. The van der Waals surface area contributed by atoms with Gasteiger partial charge in [-0.2, -0.15) is 0 Å². The summed E-state index contributed by atoms with van der Waals surface area (Å²) in [7, 11) is 0. The number of anilines is 1. The molecule has 0 fully saturated rings. The summed E-state index contributed by atoms with van der Waals surface area (Å²) in [5, 5.41) is 2.98. The van der Waals surface area contributed by atoms with Crippen molar-refractivity contribution in [3.63, 3.8) is 0 Å². The second kappa shape index (κ2) is 7.23. The second-order valence-corrected chi connectivity index (χ2v) is 5.75. The minimum absolute atomic E-state index is 0.109. The van der Waals surface area contributed by atoms with Crippen LogP contribution in [-0.4, -0.2) is 5.91 Å². The number of hydrogen-bond acceptors (Lipinski definition) is 1. The number of para-hydroxylation sites is 1. The molecule has 1 N–H and O–H groups in total. The standard InChI is InChI=1S/C18H18BrNO/c1-3-15-6-4-5-13(2)18(15)20-17(21)12-9-14-7-10-16(19)11-8-14/h4-12H,3H2,1-2H3,(H,20,21). The molecule has 2 aromatic rings. The summed E-state index contributed by atoms with van der Waals surface area (Å²) in [6, 6.07) is 13.9. The third-order valence-electron chi connectivity index (χ3n) is 3.29. The normalized spacial score (nSPS) is 10.8. The lowest BCUT2D eigenvalue weighted by atomic mass is 10.1. The molecule has 0 bridgehead atoms. The lowest BCUT2D eigenvalue weighted by Gasteiger charge is -2.11. The first-order valence-corrected chi connectivity index (χ1v) is 7.72. The van der Waals surface area contributed by atoms with Crippen LogP contribution in [0.3, 0.4) is 0 Å². The molecule has 0 saturated heterocycles. The van der Waals surface area contributed by atoms with Gasteiger partial charge in [0.1, 0.15) is 0 Å². The summed E-state index contributed by atoms with van der Waals surface area (Å²) in [6.45, 7) is 4.09. The molecule has 0 unspecified atom stereocenters. The molecular weight excluding hydrogens is 326 g/mol. The molecule has 0 saturated carbocycles. The van der Waals surface area contributed by atoms with Crippen molar-refractivity contribution in [3.8, 4) is 0 Å². The zero-order chi connectivity index (χ0) is 15.2. The lowest BCUT2D eigenvalue weighted by Crippen LogP contribution is -2.11. The van der Waals surface area contributed by atoms with Crippen LogP contribution in [0.25, 0.3) is 6.08 Å². The van der Waals surface area contributed by atoms with Crippen LogP contribution in [0.2, 0.25) is 0 Å². The average molecular weight is 344 g/mol. The van der Waals surface area contributed by atoms with Crippen LogP contribution in [0.1, 0.15) is 23.6 Å². The molecule has 0 aliphatic heterocycles. The Hall–Kier alpha value is -1.87. The number of aryl methyl sites for hydroxylation is 2. The fourth-order valence-electron chi connectivity index (χ4n) is 2.11. The molecule has 0 radical (unpaired) electrons. The first-order valence-electron chi connectivity index (χ1n) is 6.93. The summed E-state index contributed by atoms with van der Waals surface area (Å²) in [5.41, 5.74) is 4.15. The van der Waals surface area contributed by atoms with Gasteiger partial charge in [-0.05, 0) is 48.2 Å². The van der Waals surface area contributed by atoms with Crippen LogP contribution in [0.15, 0.2) is 53.0 Å². The van der Waals surface area contributed by atoms with Gasteiger partial charge in [0.15, 0.2) is 0 Å². The quantitative estimate of drug-likeness (QED) is 0.780. The van der Waals surface area contributed by atoms with Crippen molar-refractivity contribution in [2.24, 2.45) is 0 Å². The first kappa shape index (κ1) is 15.5.